The number of H-pyrrole nitrogens is 1. The van der Waals surface area contributed by atoms with Crippen molar-refractivity contribution in [1.82, 2.24) is 15.1 Å². The van der Waals surface area contributed by atoms with E-state index in [1.54, 1.807) is 0 Å². The third-order valence-corrected chi connectivity index (χ3v) is 5.37. The van der Waals surface area contributed by atoms with Crippen molar-refractivity contribution in [3.8, 4) is 0 Å². The van der Waals surface area contributed by atoms with Crippen molar-refractivity contribution in [2.24, 2.45) is 0 Å². The van der Waals surface area contributed by atoms with Crippen molar-refractivity contribution in [3.63, 3.8) is 0 Å². The van der Waals surface area contributed by atoms with Gasteiger partial charge in [0.25, 0.3) is 5.91 Å². The molecule has 1 heterocycles. The summed E-state index contributed by atoms with van der Waals surface area (Å²) in [4.78, 5) is 15.3. The molecule has 0 radical (unpaired) electrons. The van der Waals surface area contributed by atoms with Gasteiger partial charge in [0.2, 0.25) is 0 Å². The van der Waals surface area contributed by atoms with Crippen LogP contribution in [0.4, 0.5) is 0 Å². The number of hydrogen-bond acceptors (Lipinski definition) is 2. The summed E-state index contributed by atoms with van der Waals surface area (Å²) in [6, 6.07) is 8.93. The monoisotopic (exact) mass is 323 g/mol. The number of carbonyl (C=O) groups excluding carboxylic acids is 1. The molecule has 0 saturated heterocycles. The van der Waals surface area contributed by atoms with E-state index < -0.39 is 0 Å². The van der Waals surface area contributed by atoms with Crippen molar-refractivity contribution in [1.29, 1.82) is 0 Å². The molecule has 4 nitrogen and oxygen atoms in total. The van der Waals surface area contributed by atoms with Gasteiger partial charge < -0.3 is 4.90 Å². The molecular formula is C20H25N3O. The highest BCUT2D eigenvalue weighted by Crippen LogP contribution is 2.34. The van der Waals surface area contributed by atoms with Crippen LogP contribution in [0.5, 0.6) is 0 Å². The second-order valence-corrected chi connectivity index (χ2v) is 7.47. The van der Waals surface area contributed by atoms with Gasteiger partial charge in [0.15, 0.2) is 0 Å². The van der Waals surface area contributed by atoms with Crippen LogP contribution in [0, 0.1) is 0 Å². The molecule has 1 fully saturated rings. The standard InChI is InChI=1S/C20H25N3O/c1-13(2)14-3-5-15(6-4-14)20(24)23(17-7-8-17)18-9-10-19-16(11-18)12-21-22-19/h3-6,12-13,17-18H,7-11H2,1-2H3,(H,21,22). The number of nitrogens with one attached hydrogen (secondary N) is 1. The van der Waals surface area contributed by atoms with E-state index in [9.17, 15) is 4.79 Å². The fourth-order valence-corrected chi connectivity index (χ4v) is 3.78. The summed E-state index contributed by atoms with van der Waals surface area (Å²) in [5.74, 6) is 0.691. The fourth-order valence-electron chi connectivity index (χ4n) is 3.78. The van der Waals surface area contributed by atoms with Gasteiger partial charge in [-0.25, -0.2) is 0 Å². The number of amides is 1. The van der Waals surface area contributed by atoms with Crippen LogP contribution in [-0.4, -0.2) is 33.1 Å². The van der Waals surface area contributed by atoms with Gasteiger partial charge in [0, 0.05) is 23.8 Å². The van der Waals surface area contributed by atoms with Crippen LogP contribution >= 0.6 is 0 Å². The molecule has 1 N–H and O–H groups in total. The molecule has 0 aliphatic heterocycles. The second kappa shape index (κ2) is 6.08. The lowest BCUT2D eigenvalue weighted by Gasteiger charge is -2.34. The van der Waals surface area contributed by atoms with Crippen LogP contribution < -0.4 is 0 Å². The summed E-state index contributed by atoms with van der Waals surface area (Å²) in [6.45, 7) is 4.36. The van der Waals surface area contributed by atoms with Crippen LogP contribution in [0.1, 0.15) is 66.2 Å². The molecule has 2 aliphatic rings. The number of benzene rings is 1. The Hall–Kier alpha value is -2.10. The third-order valence-electron chi connectivity index (χ3n) is 5.37. The molecule has 2 aliphatic carbocycles. The van der Waals surface area contributed by atoms with Gasteiger partial charge in [-0.2, -0.15) is 5.10 Å². The average molecular weight is 323 g/mol. The van der Waals surface area contributed by atoms with Crippen LogP contribution in [-0.2, 0) is 12.8 Å². The van der Waals surface area contributed by atoms with Gasteiger partial charge in [-0.15, -0.1) is 0 Å². The van der Waals surface area contributed by atoms with Gasteiger partial charge in [0.05, 0.1) is 5.69 Å². The number of aryl methyl sites for hydroxylation is 1. The Labute approximate surface area is 143 Å². The smallest absolute Gasteiger partial charge is 0.254 e. The summed E-state index contributed by atoms with van der Waals surface area (Å²) < 4.78 is 0. The largest absolute Gasteiger partial charge is 0.332 e. The van der Waals surface area contributed by atoms with Gasteiger partial charge in [-0.1, -0.05) is 26.0 Å². The Bertz CT molecular complexity index is 728. The molecule has 0 spiro atoms. The first kappa shape index (κ1) is 15.4. The number of fused-ring (bicyclic) bond motifs is 1. The van der Waals surface area contributed by atoms with Crippen molar-refractivity contribution in [2.45, 2.75) is 64.0 Å². The maximum absolute atomic E-state index is 13.2. The highest BCUT2D eigenvalue weighted by Gasteiger charge is 2.39. The molecule has 2 aromatic rings. The molecule has 1 amide bonds. The summed E-state index contributed by atoms with van der Waals surface area (Å²) in [6.07, 6.45) is 7.19. The Morgan fingerprint density at radius 1 is 1.17 bits per heavy atom. The van der Waals surface area contributed by atoms with Crippen LogP contribution in [0.2, 0.25) is 0 Å². The van der Waals surface area contributed by atoms with Crippen molar-refractivity contribution in [2.75, 3.05) is 0 Å². The Morgan fingerprint density at radius 2 is 1.92 bits per heavy atom. The Kier molecular flexibility index (Phi) is 3.91. The van der Waals surface area contributed by atoms with Gasteiger partial charge in [0.1, 0.15) is 0 Å². The summed E-state index contributed by atoms with van der Waals surface area (Å²) >= 11 is 0. The number of aromatic nitrogens is 2. The van der Waals surface area contributed by atoms with Gasteiger partial charge in [-0.3, -0.25) is 9.89 Å². The first-order chi connectivity index (χ1) is 11.6. The quantitative estimate of drug-likeness (QED) is 0.933. The average Bonchev–Trinajstić information content (AvgIpc) is 3.31. The molecular weight excluding hydrogens is 298 g/mol. The first-order valence-electron chi connectivity index (χ1n) is 9.07. The molecule has 4 heteroatoms. The van der Waals surface area contributed by atoms with E-state index in [0.29, 0.717) is 18.0 Å². The van der Waals surface area contributed by atoms with Crippen LogP contribution in [0.3, 0.4) is 0 Å². The minimum atomic E-state index is 0.199. The Balaban J connectivity index is 1.56. The Morgan fingerprint density at radius 3 is 2.58 bits per heavy atom. The van der Waals surface area contributed by atoms with Crippen molar-refractivity contribution < 1.29 is 4.79 Å². The maximum atomic E-state index is 13.2. The highest BCUT2D eigenvalue weighted by atomic mass is 16.2. The summed E-state index contributed by atoms with van der Waals surface area (Å²) in [7, 11) is 0. The van der Waals surface area contributed by atoms with Crippen molar-refractivity contribution in [3.05, 3.63) is 52.8 Å². The second-order valence-electron chi connectivity index (χ2n) is 7.47. The molecule has 0 bridgehead atoms. The molecule has 24 heavy (non-hydrogen) atoms. The molecule has 1 aromatic carbocycles. The number of nitrogens with zero attached hydrogens (tertiary/aromatic N) is 2. The predicted molar refractivity (Wildman–Crippen MR) is 94.1 cm³/mol. The zero-order valence-electron chi connectivity index (χ0n) is 14.5. The van der Waals surface area contributed by atoms with Crippen LogP contribution in [0.15, 0.2) is 30.5 Å². The fraction of sp³-hybridized carbons (Fsp3) is 0.500. The SMILES string of the molecule is CC(C)c1ccc(C(=O)N(C2CC2)C2CCc3n[nH]cc3C2)cc1. The number of aromatic amines is 1. The molecule has 1 aromatic heterocycles. The van der Waals surface area contributed by atoms with Gasteiger partial charge in [-0.05, 0) is 61.3 Å². The van der Waals surface area contributed by atoms with Gasteiger partial charge >= 0.3 is 0 Å². The topological polar surface area (TPSA) is 49.0 Å². The third kappa shape index (κ3) is 2.85. The highest BCUT2D eigenvalue weighted by molar-refractivity contribution is 5.95. The zero-order valence-corrected chi connectivity index (χ0v) is 14.5. The predicted octanol–water partition coefficient (Wildman–Crippen LogP) is 3.70. The van der Waals surface area contributed by atoms with E-state index in [1.807, 2.05) is 18.3 Å². The minimum Gasteiger partial charge on any atom is -0.332 e. The lowest BCUT2D eigenvalue weighted by molar-refractivity contribution is 0.0643. The molecule has 126 valence electrons. The van der Waals surface area contributed by atoms with Crippen LogP contribution in [0.25, 0.3) is 0 Å². The summed E-state index contributed by atoms with van der Waals surface area (Å²) in [5.41, 5.74) is 4.56. The van der Waals surface area contributed by atoms with E-state index in [4.69, 9.17) is 0 Å². The van der Waals surface area contributed by atoms with E-state index in [-0.39, 0.29) is 5.91 Å². The molecule has 1 atom stereocenters. The normalized spacial score (nSPS) is 20.0. The lowest BCUT2D eigenvalue weighted by atomic mass is 9.91. The number of rotatable bonds is 4. The van der Waals surface area contributed by atoms with E-state index in [0.717, 1.165) is 37.7 Å². The minimum absolute atomic E-state index is 0.199. The molecule has 4 rings (SSSR count). The molecule has 1 saturated carbocycles. The lowest BCUT2D eigenvalue weighted by Crippen LogP contribution is -2.44. The summed E-state index contributed by atoms with van der Waals surface area (Å²) in [5, 5.41) is 7.28. The van der Waals surface area contributed by atoms with E-state index in [1.165, 1.54) is 16.8 Å². The number of carbonyl (C=O) groups is 1. The first-order valence-corrected chi connectivity index (χ1v) is 9.07. The van der Waals surface area contributed by atoms with E-state index >= 15 is 0 Å². The van der Waals surface area contributed by atoms with Crippen molar-refractivity contribution >= 4 is 5.91 Å². The zero-order chi connectivity index (χ0) is 16.7. The number of hydrogen-bond donors (Lipinski definition) is 1. The molecule has 1 unspecified atom stereocenters. The van der Waals surface area contributed by atoms with E-state index in [2.05, 4.69) is 41.1 Å². The maximum Gasteiger partial charge on any atom is 0.254 e.